The number of nitrogens with zero attached hydrogens (tertiary/aromatic N) is 1. The molecule has 4 rings (SSSR count). The molecule has 0 saturated carbocycles. The first-order chi connectivity index (χ1) is 14.2. The number of benzene rings is 2. The van der Waals surface area contributed by atoms with E-state index in [0.29, 0.717) is 19.6 Å². The number of guanidine groups is 1. The number of fused-ring (bicyclic) bond motifs is 2. The lowest BCUT2D eigenvalue weighted by Gasteiger charge is -2.21. The largest absolute Gasteiger partial charge is 0.493 e. The normalized spacial score (nSPS) is 14.7. The molecule has 0 radical (unpaired) electrons. The van der Waals surface area contributed by atoms with Crippen molar-refractivity contribution in [2.45, 2.75) is 25.9 Å². The first-order valence-electron chi connectivity index (χ1n) is 9.94. The molecule has 0 unspecified atom stereocenters. The van der Waals surface area contributed by atoms with E-state index in [2.05, 4.69) is 33.8 Å². The zero-order chi connectivity index (χ0) is 20.1. The highest BCUT2D eigenvalue weighted by molar-refractivity contribution is 14.0. The molecule has 0 amide bonds. The summed E-state index contributed by atoms with van der Waals surface area (Å²) in [5, 5.41) is 6.61. The van der Waals surface area contributed by atoms with Crippen molar-refractivity contribution < 1.29 is 18.6 Å². The highest BCUT2D eigenvalue weighted by atomic mass is 127. The van der Waals surface area contributed by atoms with E-state index in [4.69, 9.17) is 14.2 Å². The van der Waals surface area contributed by atoms with Crippen LogP contribution in [0.15, 0.2) is 35.3 Å². The zero-order valence-corrected chi connectivity index (χ0v) is 19.3. The van der Waals surface area contributed by atoms with Gasteiger partial charge in [-0.3, -0.25) is 4.99 Å². The van der Waals surface area contributed by atoms with Crippen LogP contribution in [0.4, 0.5) is 4.39 Å². The first kappa shape index (κ1) is 22.6. The van der Waals surface area contributed by atoms with Crippen LogP contribution < -0.4 is 20.1 Å². The predicted molar refractivity (Wildman–Crippen MR) is 125 cm³/mol. The summed E-state index contributed by atoms with van der Waals surface area (Å²) in [6.07, 6.45) is 2.52. The van der Waals surface area contributed by atoms with Gasteiger partial charge in [-0.25, -0.2) is 4.39 Å². The number of ether oxygens (including phenoxy) is 3. The van der Waals surface area contributed by atoms with Crippen LogP contribution in [0, 0.1) is 5.82 Å². The van der Waals surface area contributed by atoms with Gasteiger partial charge in [-0.15, -0.1) is 24.0 Å². The van der Waals surface area contributed by atoms with E-state index in [1.807, 2.05) is 0 Å². The van der Waals surface area contributed by atoms with Crippen LogP contribution >= 0.6 is 24.0 Å². The van der Waals surface area contributed by atoms with Crippen molar-refractivity contribution in [3.8, 4) is 11.5 Å². The Bertz CT molecular complexity index is 907. The molecule has 0 atom stereocenters. The molecule has 6 nitrogen and oxygen atoms in total. The summed E-state index contributed by atoms with van der Waals surface area (Å²) in [6, 6.07) is 9.38. The fourth-order valence-corrected chi connectivity index (χ4v) is 3.70. The molecular formula is C22H27FIN3O3. The van der Waals surface area contributed by atoms with Gasteiger partial charge in [0.2, 0.25) is 0 Å². The Balaban J connectivity index is 0.00000256. The van der Waals surface area contributed by atoms with Crippen molar-refractivity contribution >= 4 is 29.9 Å². The Morgan fingerprint density at radius 2 is 1.90 bits per heavy atom. The van der Waals surface area contributed by atoms with Crippen molar-refractivity contribution in [3.63, 3.8) is 0 Å². The molecule has 162 valence electrons. The van der Waals surface area contributed by atoms with Crippen molar-refractivity contribution in [2.24, 2.45) is 4.99 Å². The van der Waals surface area contributed by atoms with Crippen molar-refractivity contribution in [3.05, 3.63) is 58.4 Å². The lowest BCUT2D eigenvalue weighted by Crippen LogP contribution is -2.39. The van der Waals surface area contributed by atoms with Crippen molar-refractivity contribution in [1.29, 1.82) is 0 Å². The Morgan fingerprint density at radius 3 is 2.73 bits per heavy atom. The van der Waals surface area contributed by atoms with E-state index in [0.717, 1.165) is 54.6 Å². The van der Waals surface area contributed by atoms with Gasteiger partial charge in [0.25, 0.3) is 0 Å². The van der Waals surface area contributed by atoms with Crippen LogP contribution in [0.25, 0.3) is 0 Å². The summed E-state index contributed by atoms with van der Waals surface area (Å²) in [6.45, 7) is 2.76. The minimum atomic E-state index is -0.268. The standard InChI is InChI=1S/C22H26FN3O3.HI/c1-24-22(25-7-4-15-2-3-20-16(10-15)6-9-28-20)26-8-5-17-11-19(23)12-18-13-27-14-29-21(17)18;/h2-3,10-12H,4-9,13-14H2,1H3,(H2,24,25,26);1H. The lowest BCUT2D eigenvalue weighted by atomic mass is 10.1. The smallest absolute Gasteiger partial charge is 0.190 e. The highest BCUT2D eigenvalue weighted by Crippen LogP contribution is 2.29. The van der Waals surface area contributed by atoms with Gasteiger partial charge >= 0.3 is 0 Å². The Morgan fingerprint density at radius 1 is 1.07 bits per heavy atom. The van der Waals surface area contributed by atoms with Gasteiger partial charge in [-0.2, -0.15) is 0 Å². The van der Waals surface area contributed by atoms with E-state index < -0.39 is 0 Å². The predicted octanol–water partition coefficient (Wildman–Crippen LogP) is 3.20. The van der Waals surface area contributed by atoms with Gasteiger partial charge in [-0.1, -0.05) is 12.1 Å². The molecule has 2 aromatic carbocycles. The quantitative estimate of drug-likeness (QED) is 0.344. The molecule has 2 N–H and O–H groups in total. The average Bonchev–Trinajstić information content (AvgIpc) is 3.20. The first-order valence-corrected chi connectivity index (χ1v) is 9.94. The van der Waals surface area contributed by atoms with E-state index in [9.17, 15) is 4.39 Å². The molecule has 0 bridgehead atoms. The van der Waals surface area contributed by atoms with E-state index in [-0.39, 0.29) is 36.6 Å². The van der Waals surface area contributed by atoms with Crippen molar-refractivity contribution in [1.82, 2.24) is 10.6 Å². The van der Waals surface area contributed by atoms with Crippen LogP contribution in [0.5, 0.6) is 11.5 Å². The van der Waals surface area contributed by atoms with Crippen molar-refractivity contribution in [2.75, 3.05) is 33.5 Å². The Labute approximate surface area is 193 Å². The summed E-state index contributed by atoms with van der Waals surface area (Å²) in [7, 11) is 1.74. The zero-order valence-electron chi connectivity index (χ0n) is 17.0. The molecular weight excluding hydrogens is 500 g/mol. The number of halogens is 2. The lowest BCUT2D eigenvalue weighted by molar-refractivity contribution is -0.0172. The summed E-state index contributed by atoms with van der Waals surface area (Å²) < 4.78 is 30.2. The van der Waals surface area contributed by atoms with Gasteiger partial charge in [0.05, 0.1) is 13.2 Å². The fourth-order valence-electron chi connectivity index (χ4n) is 3.70. The Hall–Kier alpha value is -2.07. The van der Waals surface area contributed by atoms with Crippen LogP contribution in [0.1, 0.15) is 22.3 Å². The SMILES string of the molecule is CN=C(NCCc1ccc2c(c1)CCO2)NCCc1cc(F)cc2c1OCOC2.I. The second-order valence-electron chi connectivity index (χ2n) is 7.13. The van der Waals surface area contributed by atoms with Gasteiger partial charge in [0.1, 0.15) is 17.3 Å². The van der Waals surface area contributed by atoms with Crippen LogP contribution in [0.2, 0.25) is 0 Å². The van der Waals surface area contributed by atoms with Crippen LogP contribution in [-0.2, 0) is 30.6 Å². The Kier molecular flexibility index (Phi) is 8.15. The molecule has 2 aromatic rings. The summed E-state index contributed by atoms with van der Waals surface area (Å²) in [5.41, 5.74) is 4.17. The van der Waals surface area contributed by atoms with E-state index in [1.54, 1.807) is 7.05 Å². The maximum atomic E-state index is 13.8. The average molecular weight is 527 g/mol. The summed E-state index contributed by atoms with van der Waals surface area (Å²) in [5.74, 6) is 2.20. The van der Waals surface area contributed by atoms with Gasteiger partial charge < -0.3 is 24.8 Å². The van der Waals surface area contributed by atoms with Crippen LogP contribution in [0.3, 0.4) is 0 Å². The molecule has 8 heteroatoms. The number of aliphatic imine (C=N–C) groups is 1. The molecule has 0 spiro atoms. The van der Waals surface area contributed by atoms with E-state index in [1.165, 1.54) is 23.3 Å². The number of nitrogens with one attached hydrogen (secondary N) is 2. The number of hydrogen-bond donors (Lipinski definition) is 2. The van der Waals surface area contributed by atoms with Gasteiger partial charge in [0, 0.05) is 32.1 Å². The third-order valence-corrected chi connectivity index (χ3v) is 5.12. The fraction of sp³-hybridized carbons (Fsp3) is 0.409. The van der Waals surface area contributed by atoms with Gasteiger partial charge in [0.15, 0.2) is 12.8 Å². The molecule has 0 aliphatic carbocycles. The third kappa shape index (κ3) is 5.54. The molecule has 0 saturated heterocycles. The monoisotopic (exact) mass is 527 g/mol. The molecule has 0 aromatic heterocycles. The molecule has 2 heterocycles. The molecule has 30 heavy (non-hydrogen) atoms. The molecule has 0 fully saturated rings. The minimum absolute atomic E-state index is 0. The summed E-state index contributed by atoms with van der Waals surface area (Å²) in [4.78, 5) is 4.26. The minimum Gasteiger partial charge on any atom is -0.493 e. The topological polar surface area (TPSA) is 64.1 Å². The maximum Gasteiger partial charge on any atom is 0.190 e. The van der Waals surface area contributed by atoms with E-state index >= 15 is 0 Å². The number of rotatable bonds is 6. The third-order valence-electron chi connectivity index (χ3n) is 5.12. The highest BCUT2D eigenvalue weighted by Gasteiger charge is 2.17. The second kappa shape index (κ2) is 10.8. The second-order valence-corrected chi connectivity index (χ2v) is 7.13. The van der Waals surface area contributed by atoms with Gasteiger partial charge in [-0.05, 0) is 47.7 Å². The molecule has 2 aliphatic heterocycles. The summed E-state index contributed by atoms with van der Waals surface area (Å²) >= 11 is 0. The van der Waals surface area contributed by atoms with Crippen LogP contribution in [-0.4, -0.2) is 39.5 Å². The maximum absolute atomic E-state index is 13.8. The number of hydrogen-bond acceptors (Lipinski definition) is 4. The molecule has 2 aliphatic rings.